The zero-order valence-electron chi connectivity index (χ0n) is 9.36. The monoisotopic (exact) mass is 251 g/mol. The van der Waals surface area contributed by atoms with E-state index in [2.05, 4.69) is 20.5 Å². The highest BCUT2D eigenvalue weighted by Crippen LogP contribution is 2.14. The number of H-pyrrole nitrogens is 1. The number of nitrogens with two attached hydrogens (primary N) is 1. The van der Waals surface area contributed by atoms with E-state index in [1.165, 1.54) is 11.3 Å². The maximum Gasteiger partial charge on any atom is 0.274 e. The van der Waals surface area contributed by atoms with Gasteiger partial charge < -0.3 is 11.1 Å². The van der Waals surface area contributed by atoms with Gasteiger partial charge in [-0.25, -0.2) is 4.98 Å². The molecule has 0 spiro atoms. The van der Waals surface area contributed by atoms with Crippen molar-refractivity contribution < 1.29 is 4.79 Å². The molecule has 90 valence electrons. The van der Waals surface area contributed by atoms with Gasteiger partial charge in [0.1, 0.15) is 5.01 Å². The molecule has 1 amide bonds. The number of nitrogens with zero attached hydrogens (tertiary/aromatic N) is 2. The van der Waals surface area contributed by atoms with Crippen LogP contribution in [0.4, 0.5) is 5.69 Å². The van der Waals surface area contributed by atoms with Gasteiger partial charge in [-0.1, -0.05) is 6.92 Å². The van der Waals surface area contributed by atoms with E-state index in [4.69, 9.17) is 5.73 Å². The highest BCUT2D eigenvalue weighted by Gasteiger charge is 2.16. The number of anilines is 1. The minimum Gasteiger partial charge on any atom is -0.395 e. The molecule has 0 aliphatic rings. The first kappa shape index (κ1) is 11.6. The number of amides is 1. The molecule has 0 saturated carbocycles. The number of rotatable bonds is 4. The summed E-state index contributed by atoms with van der Waals surface area (Å²) >= 11 is 1.49. The number of carbonyl (C=O) groups is 1. The van der Waals surface area contributed by atoms with E-state index in [1.807, 2.05) is 12.3 Å². The minimum atomic E-state index is -0.284. The number of nitrogen functional groups attached to an aromatic ring is 1. The van der Waals surface area contributed by atoms with Gasteiger partial charge in [-0.2, -0.15) is 5.10 Å². The molecule has 0 aromatic carbocycles. The van der Waals surface area contributed by atoms with Crippen molar-refractivity contribution in [1.82, 2.24) is 20.5 Å². The Labute approximate surface area is 102 Å². The Balaban J connectivity index is 2.02. The van der Waals surface area contributed by atoms with Crippen LogP contribution in [0.2, 0.25) is 0 Å². The van der Waals surface area contributed by atoms with Gasteiger partial charge in [-0.05, 0) is 6.42 Å². The Hall–Kier alpha value is -1.89. The van der Waals surface area contributed by atoms with Crippen LogP contribution in [0.5, 0.6) is 0 Å². The number of thiazole rings is 1. The highest BCUT2D eigenvalue weighted by molar-refractivity contribution is 7.09. The lowest BCUT2D eigenvalue weighted by Crippen LogP contribution is -2.24. The van der Waals surface area contributed by atoms with Gasteiger partial charge in [0.2, 0.25) is 0 Å². The Bertz CT molecular complexity index is 505. The average molecular weight is 251 g/mol. The molecule has 4 N–H and O–H groups in total. The second-order valence-corrected chi connectivity index (χ2v) is 4.41. The maximum atomic E-state index is 11.8. The SMILES string of the molecule is CCc1[nH]nc(C(=O)NCc2nccs2)c1N. The minimum absolute atomic E-state index is 0.249. The number of nitrogens with one attached hydrogen (secondary N) is 2. The summed E-state index contributed by atoms with van der Waals surface area (Å²) in [4.78, 5) is 15.9. The van der Waals surface area contributed by atoms with Crippen molar-refractivity contribution in [2.24, 2.45) is 0 Å². The normalized spacial score (nSPS) is 10.4. The lowest BCUT2D eigenvalue weighted by Gasteiger charge is -2.01. The summed E-state index contributed by atoms with van der Waals surface area (Å²) in [5.74, 6) is -0.284. The summed E-state index contributed by atoms with van der Waals surface area (Å²) < 4.78 is 0. The lowest BCUT2D eigenvalue weighted by molar-refractivity contribution is 0.0946. The fourth-order valence-corrected chi connectivity index (χ4v) is 1.97. The summed E-state index contributed by atoms with van der Waals surface area (Å²) in [6, 6.07) is 0. The Morgan fingerprint density at radius 3 is 3.06 bits per heavy atom. The largest absolute Gasteiger partial charge is 0.395 e. The van der Waals surface area contributed by atoms with Crippen LogP contribution in [-0.4, -0.2) is 21.1 Å². The number of aromatic nitrogens is 3. The molecule has 0 fully saturated rings. The summed E-state index contributed by atoms with van der Waals surface area (Å²) in [6.45, 7) is 2.34. The van der Waals surface area contributed by atoms with Crippen LogP contribution in [0.3, 0.4) is 0 Å². The van der Waals surface area contributed by atoms with Crippen LogP contribution in [0.15, 0.2) is 11.6 Å². The zero-order valence-corrected chi connectivity index (χ0v) is 10.2. The molecule has 6 nitrogen and oxygen atoms in total. The van der Waals surface area contributed by atoms with E-state index < -0.39 is 0 Å². The topological polar surface area (TPSA) is 96.7 Å². The second kappa shape index (κ2) is 4.96. The molecular weight excluding hydrogens is 238 g/mol. The number of carbonyl (C=O) groups excluding carboxylic acids is 1. The molecule has 0 saturated heterocycles. The van der Waals surface area contributed by atoms with Gasteiger partial charge in [-0.15, -0.1) is 11.3 Å². The van der Waals surface area contributed by atoms with Crippen LogP contribution in [0, 0.1) is 0 Å². The molecule has 0 atom stereocenters. The molecule has 0 bridgehead atoms. The van der Waals surface area contributed by atoms with Crippen LogP contribution in [0.25, 0.3) is 0 Å². The molecule has 2 heterocycles. The smallest absolute Gasteiger partial charge is 0.274 e. The van der Waals surface area contributed by atoms with E-state index in [1.54, 1.807) is 6.20 Å². The summed E-state index contributed by atoms with van der Waals surface area (Å²) in [5.41, 5.74) is 7.25. The van der Waals surface area contributed by atoms with Crippen molar-refractivity contribution in [1.29, 1.82) is 0 Å². The fraction of sp³-hybridized carbons (Fsp3) is 0.300. The molecule has 0 aliphatic carbocycles. The number of aryl methyl sites for hydroxylation is 1. The molecule has 0 aliphatic heterocycles. The van der Waals surface area contributed by atoms with Crippen molar-refractivity contribution in [3.05, 3.63) is 28.0 Å². The van der Waals surface area contributed by atoms with Gasteiger partial charge in [0, 0.05) is 11.6 Å². The van der Waals surface area contributed by atoms with Gasteiger partial charge in [0.05, 0.1) is 17.9 Å². The van der Waals surface area contributed by atoms with E-state index in [-0.39, 0.29) is 11.6 Å². The molecule has 0 radical (unpaired) electrons. The van der Waals surface area contributed by atoms with Gasteiger partial charge in [0.25, 0.3) is 5.91 Å². The quantitative estimate of drug-likeness (QED) is 0.753. The van der Waals surface area contributed by atoms with Crippen molar-refractivity contribution in [2.75, 3.05) is 5.73 Å². The zero-order chi connectivity index (χ0) is 12.3. The van der Waals surface area contributed by atoms with Gasteiger partial charge in [0.15, 0.2) is 5.69 Å². The first-order valence-corrected chi connectivity index (χ1v) is 6.09. The Morgan fingerprint density at radius 1 is 1.65 bits per heavy atom. The molecule has 2 aromatic heterocycles. The van der Waals surface area contributed by atoms with Crippen LogP contribution < -0.4 is 11.1 Å². The van der Waals surface area contributed by atoms with Crippen molar-refractivity contribution >= 4 is 22.9 Å². The molecule has 7 heteroatoms. The third-order valence-electron chi connectivity index (χ3n) is 2.34. The molecule has 2 aromatic rings. The fourth-order valence-electron chi connectivity index (χ4n) is 1.41. The predicted molar refractivity (Wildman–Crippen MR) is 65.7 cm³/mol. The molecule has 2 rings (SSSR count). The third kappa shape index (κ3) is 2.44. The van der Waals surface area contributed by atoms with E-state index in [0.29, 0.717) is 12.2 Å². The first-order valence-electron chi connectivity index (χ1n) is 5.21. The maximum absolute atomic E-state index is 11.8. The molecular formula is C10H13N5OS. The van der Waals surface area contributed by atoms with E-state index in [0.717, 1.165) is 17.1 Å². The summed E-state index contributed by atoms with van der Waals surface area (Å²) in [7, 11) is 0. The Morgan fingerprint density at radius 2 is 2.47 bits per heavy atom. The first-order chi connectivity index (χ1) is 8.22. The number of aromatic amines is 1. The van der Waals surface area contributed by atoms with Crippen LogP contribution in [0.1, 0.15) is 28.1 Å². The summed E-state index contributed by atoms with van der Waals surface area (Å²) in [5, 5.41) is 12.1. The van der Waals surface area contributed by atoms with Crippen LogP contribution in [-0.2, 0) is 13.0 Å². The average Bonchev–Trinajstić information content (AvgIpc) is 2.95. The van der Waals surface area contributed by atoms with Gasteiger partial charge in [-0.3, -0.25) is 9.89 Å². The number of hydrogen-bond acceptors (Lipinski definition) is 5. The van der Waals surface area contributed by atoms with E-state index >= 15 is 0 Å². The van der Waals surface area contributed by atoms with Crippen LogP contribution >= 0.6 is 11.3 Å². The predicted octanol–water partition coefficient (Wildman–Crippen LogP) is 0.941. The van der Waals surface area contributed by atoms with Crippen molar-refractivity contribution in [3.8, 4) is 0 Å². The third-order valence-corrected chi connectivity index (χ3v) is 3.11. The standard InChI is InChI=1S/C10H13N5OS/c1-2-6-8(11)9(15-14-6)10(16)13-5-7-12-3-4-17-7/h3-4H,2,5,11H2,1H3,(H,13,16)(H,14,15). The summed E-state index contributed by atoms with van der Waals surface area (Å²) in [6.07, 6.45) is 2.42. The molecule has 0 unspecified atom stereocenters. The van der Waals surface area contributed by atoms with E-state index in [9.17, 15) is 4.79 Å². The van der Waals surface area contributed by atoms with Gasteiger partial charge >= 0.3 is 0 Å². The van der Waals surface area contributed by atoms with Crippen molar-refractivity contribution in [3.63, 3.8) is 0 Å². The molecule has 17 heavy (non-hydrogen) atoms. The number of hydrogen-bond donors (Lipinski definition) is 3. The Kier molecular flexibility index (Phi) is 3.38. The lowest BCUT2D eigenvalue weighted by atomic mass is 10.2. The highest BCUT2D eigenvalue weighted by atomic mass is 32.1. The van der Waals surface area contributed by atoms with Crippen molar-refractivity contribution in [2.45, 2.75) is 19.9 Å². The second-order valence-electron chi connectivity index (χ2n) is 3.43.